The molecule has 0 amide bonds. The summed E-state index contributed by atoms with van der Waals surface area (Å²) >= 11 is 0. The van der Waals surface area contributed by atoms with Gasteiger partial charge in [0.2, 0.25) is 0 Å². The molecule has 0 aliphatic carbocycles. The fourth-order valence-corrected chi connectivity index (χ4v) is 2.03. The molecule has 1 aliphatic rings. The van der Waals surface area contributed by atoms with Gasteiger partial charge in [-0.1, -0.05) is 27.7 Å². The molecule has 1 atom stereocenters. The summed E-state index contributed by atoms with van der Waals surface area (Å²) in [4.78, 5) is 0. The topological polar surface area (TPSA) is 21.3 Å². The highest BCUT2D eigenvalue weighted by molar-refractivity contribution is 5.10. The van der Waals surface area contributed by atoms with E-state index in [9.17, 15) is 0 Å². The first-order valence-electron chi connectivity index (χ1n) is 6.68. The van der Waals surface area contributed by atoms with Gasteiger partial charge in [-0.15, -0.1) is 0 Å². The lowest BCUT2D eigenvalue weighted by atomic mass is 9.80. The van der Waals surface area contributed by atoms with Crippen molar-refractivity contribution >= 4 is 0 Å². The molecule has 0 aromatic rings. The van der Waals surface area contributed by atoms with Crippen LogP contribution in [0.1, 0.15) is 53.4 Å². The first-order valence-corrected chi connectivity index (χ1v) is 6.68. The summed E-state index contributed by atoms with van der Waals surface area (Å²) in [6.07, 6.45) is 6.93. The van der Waals surface area contributed by atoms with E-state index >= 15 is 0 Å². The van der Waals surface area contributed by atoms with Crippen molar-refractivity contribution in [2.45, 2.75) is 59.4 Å². The van der Waals surface area contributed by atoms with E-state index in [0.29, 0.717) is 6.04 Å². The molecule has 0 saturated heterocycles. The molecule has 1 aliphatic heterocycles. The molecule has 1 unspecified atom stereocenters. The highest BCUT2D eigenvalue weighted by Gasteiger charge is 2.31. The second kappa shape index (κ2) is 6.29. The third kappa shape index (κ3) is 3.51. The minimum atomic E-state index is 0.262. The average molecular weight is 225 g/mol. The molecular formula is C14H27NO. The molecule has 1 heterocycles. The molecule has 0 saturated carbocycles. The van der Waals surface area contributed by atoms with Crippen LogP contribution in [0.4, 0.5) is 0 Å². The zero-order chi connectivity index (χ0) is 12.0. The van der Waals surface area contributed by atoms with Crippen LogP contribution in [-0.4, -0.2) is 19.2 Å². The summed E-state index contributed by atoms with van der Waals surface area (Å²) < 4.78 is 5.82. The zero-order valence-electron chi connectivity index (χ0n) is 11.3. The Morgan fingerprint density at radius 1 is 1.44 bits per heavy atom. The second-order valence-corrected chi connectivity index (χ2v) is 5.33. The van der Waals surface area contributed by atoms with Gasteiger partial charge in [-0.3, -0.25) is 0 Å². The highest BCUT2D eigenvalue weighted by Crippen LogP contribution is 2.31. The van der Waals surface area contributed by atoms with Gasteiger partial charge in [-0.25, -0.2) is 0 Å². The Labute approximate surface area is 100 Å². The van der Waals surface area contributed by atoms with E-state index in [1.807, 2.05) is 0 Å². The monoisotopic (exact) mass is 225 g/mol. The van der Waals surface area contributed by atoms with Crippen LogP contribution in [0.3, 0.4) is 0 Å². The fraction of sp³-hybridized carbons (Fsp3) is 0.857. The molecule has 0 fully saturated rings. The number of hydrogen-bond donors (Lipinski definition) is 1. The molecule has 2 heteroatoms. The predicted molar refractivity (Wildman–Crippen MR) is 69.4 cm³/mol. The lowest BCUT2D eigenvalue weighted by Gasteiger charge is -2.36. The smallest absolute Gasteiger partial charge is 0.109 e. The molecule has 0 radical (unpaired) electrons. The third-order valence-corrected chi connectivity index (χ3v) is 3.54. The molecule has 2 nitrogen and oxygen atoms in total. The number of rotatable bonds is 6. The summed E-state index contributed by atoms with van der Waals surface area (Å²) in [6, 6.07) is 0.373. The molecule has 0 bridgehead atoms. The zero-order valence-corrected chi connectivity index (χ0v) is 11.3. The normalized spacial score (nSPS) is 18.9. The molecule has 0 aromatic heterocycles. The van der Waals surface area contributed by atoms with Crippen molar-refractivity contribution in [3.8, 4) is 0 Å². The summed E-state index contributed by atoms with van der Waals surface area (Å²) in [7, 11) is 0. The van der Waals surface area contributed by atoms with E-state index in [-0.39, 0.29) is 5.41 Å². The maximum atomic E-state index is 5.82. The van der Waals surface area contributed by atoms with Gasteiger partial charge in [0.15, 0.2) is 0 Å². The Hall–Kier alpha value is -0.500. The van der Waals surface area contributed by atoms with Gasteiger partial charge in [0, 0.05) is 0 Å². The average Bonchev–Trinajstić information content (AvgIpc) is 2.31. The minimum Gasteiger partial charge on any atom is -0.497 e. The van der Waals surface area contributed by atoms with Crippen LogP contribution in [0.15, 0.2) is 11.8 Å². The van der Waals surface area contributed by atoms with Gasteiger partial charge in [0.1, 0.15) is 5.76 Å². The lowest BCUT2D eigenvalue weighted by molar-refractivity contribution is 0.123. The van der Waals surface area contributed by atoms with Crippen LogP contribution in [0.2, 0.25) is 0 Å². The maximum absolute atomic E-state index is 5.82. The molecule has 94 valence electrons. The Morgan fingerprint density at radius 2 is 2.19 bits per heavy atom. The molecule has 1 N–H and O–H groups in total. The van der Waals surface area contributed by atoms with Crippen LogP contribution < -0.4 is 5.32 Å². The summed E-state index contributed by atoms with van der Waals surface area (Å²) in [5.41, 5.74) is 0.262. The number of hydrogen-bond acceptors (Lipinski definition) is 2. The van der Waals surface area contributed by atoms with Crippen molar-refractivity contribution in [1.29, 1.82) is 0 Å². The third-order valence-electron chi connectivity index (χ3n) is 3.54. The van der Waals surface area contributed by atoms with Gasteiger partial charge in [0.25, 0.3) is 0 Å². The molecule has 1 rings (SSSR count). The van der Waals surface area contributed by atoms with Crippen molar-refractivity contribution < 1.29 is 4.74 Å². The van der Waals surface area contributed by atoms with Crippen LogP contribution >= 0.6 is 0 Å². The van der Waals surface area contributed by atoms with Gasteiger partial charge in [-0.05, 0) is 43.7 Å². The summed E-state index contributed by atoms with van der Waals surface area (Å²) in [5, 5.41) is 3.64. The maximum Gasteiger partial charge on any atom is 0.109 e. The SMILES string of the molecule is CCCNC(C1=CCCCO1)C(C)(C)CC. The quantitative estimate of drug-likeness (QED) is 0.747. The van der Waals surface area contributed by atoms with Crippen LogP contribution in [-0.2, 0) is 4.74 Å². The molecule has 0 spiro atoms. The standard InChI is InChI=1S/C14H27NO/c1-5-10-15-13(14(3,4)6-2)12-9-7-8-11-16-12/h9,13,15H,5-8,10-11H2,1-4H3. The van der Waals surface area contributed by atoms with Gasteiger partial charge >= 0.3 is 0 Å². The van der Waals surface area contributed by atoms with Crippen molar-refractivity contribution in [3.63, 3.8) is 0 Å². The number of nitrogens with one attached hydrogen (secondary N) is 1. The molecule has 16 heavy (non-hydrogen) atoms. The van der Waals surface area contributed by atoms with E-state index in [1.54, 1.807) is 0 Å². The van der Waals surface area contributed by atoms with Gasteiger partial charge < -0.3 is 10.1 Å². The fourth-order valence-electron chi connectivity index (χ4n) is 2.03. The summed E-state index contributed by atoms with van der Waals surface area (Å²) in [5.74, 6) is 1.17. The van der Waals surface area contributed by atoms with E-state index in [0.717, 1.165) is 26.0 Å². The van der Waals surface area contributed by atoms with Crippen LogP contribution in [0.25, 0.3) is 0 Å². The Kier molecular flexibility index (Phi) is 5.33. The van der Waals surface area contributed by atoms with Crippen molar-refractivity contribution in [3.05, 3.63) is 11.8 Å². The van der Waals surface area contributed by atoms with Crippen molar-refractivity contribution in [1.82, 2.24) is 5.32 Å². The van der Waals surface area contributed by atoms with E-state index in [2.05, 4.69) is 39.1 Å². The first-order chi connectivity index (χ1) is 7.61. The Morgan fingerprint density at radius 3 is 2.69 bits per heavy atom. The number of allylic oxidation sites excluding steroid dienone is 1. The second-order valence-electron chi connectivity index (χ2n) is 5.33. The predicted octanol–water partition coefficient (Wildman–Crippen LogP) is 3.49. The van der Waals surface area contributed by atoms with Crippen molar-refractivity contribution in [2.75, 3.05) is 13.2 Å². The molecular weight excluding hydrogens is 198 g/mol. The Balaban J connectivity index is 2.73. The van der Waals surface area contributed by atoms with Crippen LogP contribution in [0.5, 0.6) is 0 Å². The minimum absolute atomic E-state index is 0.262. The van der Waals surface area contributed by atoms with Gasteiger partial charge in [0.05, 0.1) is 12.6 Å². The highest BCUT2D eigenvalue weighted by atomic mass is 16.5. The first kappa shape index (κ1) is 13.6. The van der Waals surface area contributed by atoms with Gasteiger partial charge in [-0.2, -0.15) is 0 Å². The molecule has 0 aromatic carbocycles. The Bertz CT molecular complexity index is 233. The van der Waals surface area contributed by atoms with E-state index < -0.39 is 0 Å². The van der Waals surface area contributed by atoms with E-state index in [4.69, 9.17) is 4.74 Å². The largest absolute Gasteiger partial charge is 0.497 e. The summed E-state index contributed by atoms with van der Waals surface area (Å²) in [6.45, 7) is 11.0. The lowest BCUT2D eigenvalue weighted by Crippen LogP contribution is -2.44. The number of ether oxygens (including phenoxy) is 1. The van der Waals surface area contributed by atoms with E-state index in [1.165, 1.54) is 18.6 Å². The van der Waals surface area contributed by atoms with Crippen LogP contribution in [0, 0.1) is 5.41 Å². The van der Waals surface area contributed by atoms with Crippen molar-refractivity contribution in [2.24, 2.45) is 5.41 Å².